The summed E-state index contributed by atoms with van der Waals surface area (Å²) in [6, 6.07) is 0. The molecule has 0 aromatic carbocycles. The fourth-order valence-corrected chi connectivity index (χ4v) is 1.85. The van der Waals surface area contributed by atoms with Gasteiger partial charge in [-0.15, -0.1) is 0 Å². The fourth-order valence-electron chi connectivity index (χ4n) is 1.85. The molecule has 1 saturated carbocycles. The minimum absolute atomic E-state index is 0.0966. The molecule has 2 unspecified atom stereocenters. The molecule has 1 fully saturated rings. The van der Waals surface area contributed by atoms with Gasteiger partial charge in [-0.2, -0.15) is 0 Å². The first kappa shape index (κ1) is 11.0. The Labute approximate surface area is 81.3 Å². The standard InChI is InChI=1S/C11H22O2/c1-2-3-4-5-8-13-11-7-6-10(12)9-11/h10-12H,2-9H2,1H3. The van der Waals surface area contributed by atoms with Gasteiger partial charge in [-0.25, -0.2) is 0 Å². The number of aliphatic hydroxyl groups is 1. The second-order valence-electron chi connectivity index (χ2n) is 4.02. The van der Waals surface area contributed by atoms with E-state index in [0.717, 1.165) is 25.9 Å². The molecule has 1 rings (SSSR count). The molecule has 0 aromatic heterocycles. The van der Waals surface area contributed by atoms with Crippen LogP contribution >= 0.6 is 0 Å². The van der Waals surface area contributed by atoms with Gasteiger partial charge in [0.1, 0.15) is 0 Å². The van der Waals surface area contributed by atoms with E-state index >= 15 is 0 Å². The molecule has 2 atom stereocenters. The summed E-state index contributed by atoms with van der Waals surface area (Å²) < 4.78 is 5.66. The van der Waals surface area contributed by atoms with Crippen LogP contribution < -0.4 is 0 Å². The Morgan fingerprint density at radius 3 is 2.69 bits per heavy atom. The predicted molar refractivity (Wildman–Crippen MR) is 53.7 cm³/mol. The van der Waals surface area contributed by atoms with Crippen LogP contribution in [0.25, 0.3) is 0 Å². The molecule has 0 aromatic rings. The molecule has 1 aliphatic rings. The van der Waals surface area contributed by atoms with Crippen molar-refractivity contribution in [1.82, 2.24) is 0 Å². The summed E-state index contributed by atoms with van der Waals surface area (Å²) in [6.07, 6.45) is 8.14. The first-order valence-corrected chi connectivity index (χ1v) is 5.62. The summed E-state index contributed by atoms with van der Waals surface area (Å²) in [6.45, 7) is 3.10. The Morgan fingerprint density at radius 2 is 2.08 bits per heavy atom. The Balaban J connectivity index is 1.88. The van der Waals surface area contributed by atoms with E-state index in [-0.39, 0.29) is 6.10 Å². The molecular weight excluding hydrogens is 164 g/mol. The highest BCUT2D eigenvalue weighted by atomic mass is 16.5. The van der Waals surface area contributed by atoms with E-state index in [1.807, 2.05) is 0 Å². The molecule has 0 spiro atoms. The van der Waals surface area contributed by atoms with Crippen molar-refractivity contribution in [2.24, 2.45) is 0 Å². The minimum Gasteiger partial charge on any atom is -0.393 e. The molecule has 1 N–H and O–H groups in total. The normalized spacial score (nSPS) is 28.2. The Hall–Kier alpha value is -0.0800. The quantitative estimate of drug-likeness (QED) is 0.646. The Bertz CT molecular complexity index is 125. The number of hydrogen-bond donors (Lipinski definition) is 1. The van der Waals surface area contributed by atoms with Gasteiger partial charge in [0.05, 0.1) is 12.2 Å². The van der Waals surface area contributed by atoms with Gasteiger partial charge in [0.25, 0.3) is 0 Å². The molecule has 2 nitrogen and oxygen atoms in total. The van der Waals surface area contributed by atoms with Crippen LogP contribution in [0.15, 0.2) is 0 Å². The summed E-state index contributed by atoms with van der Waals surface area (Å²) in [5, 5.41) is 9.26. The maximum absolute atomic E-state index is 9.26. The average Bonchev–Trinajstić information content (AvgIpc) is 2.51. The van der Waals surface area contributed by atoms with Crippen LogP contribution in [0.3, 0.4) is 0 Å². The van der Waals surface area contributed by atoms with Gasteiger partial charge in [0.2, 0.25) is 0 Å². The largest absolute Gasteiger partial charge is 0.393 e. The maximum Gasteiger partial charge on any atom is 0.0600 e. The van der Waals surface area contributed by atoms with Gasteiger partial charge in [-0.05, 0) is 25.7 Å². The highest BCUT2D eigenvalue weighted by molar-refractivity contribution is 4.74. The highest BCUT2D eigenvalue weighted by Gasteiger charge is 2.22. The van der Waals surface area contributed by atoms with E-state index in [4.69, 9.17) is 4.74 Å². The first-order chi connectivity index (χ1) is 6.33. The smallest absolute Gasteiger partial charge is 0.0600 e. The number of unbranched alkanes of at least 4 members (excludes halogenated alkanes) is 3. The Kier molecular flexibility index (Phi) is 5.40. The lowest BCUT2D eigenvalue weighted by molar-refractivity contribution is 0.0450. The second-order valence-corrected chi connectivity index (χ2v) is 4.02. The van der Waals surface area contributed by atoms with Crippen LogP contribution in [0.4, 0.5) is 0 Å². The molecular formula is C11H22O2. The van der Waals surface area contributed by atoms with Crippen molar-refractivity contribution in [2.75, 3.05) is 6.61 Å². The van der Waals surface area contributed by atoms with Crippen molar-refractivity contribution in [1.29, 1.82) is 0 Å². The summed E-state index contributed by atoms with van der Waals surface area (Å²) >= 11 is 0. The molecule has 0 radical (unpaired) electrons. The van der Waals surface area contributed by atoms with Gasteiger partial charge in [0, 0.05) is 6.61 Å². The van der Waals surface area contributed by atoms with Crippen molar-refractivity contribution in [3.63, 3.8) is 0 Å². The van der Waals surface area contributed by atoms with Gasteiger partial charge < -0.3 is 9.84 Å². The van der Waals surface area contributed by atoms with Crippen LogP contribution in [0.1, 0.15) is 51.9 Å². The molecule has 1 aliphatic carbocycles. The molecule has 0 bridgehead atoms. The zero-order valence-electron chi connectivity index (χ0n) is 8.67. The Morgan fingerprint density at radius 1 is 1.23 bits per heavy atom. The maximum atomic E-state index is 9.26. The molecule has 2 heteroatoms. The first-order valence-electron chi connectivity index (χ1n) is 5.62. The summed E-state index contributed by atoms with van der Waals surface area (Å²) in [5.74, 6) is 0. The van der Waals surface area contributed by atoms with Crippen molar-refractivity contribution < 1.29 is 9.84 Å². The van der Waals surface area contributed by atoms with E-state index in [2.05, 4.69) is 6.92 Å². The van der Waals surface area contributed by atoms with E-state index < -0.39 is 0 Å². The minimum atomic E-state index is -0.0966. The number of aliphatic hydroxyl groups excluding tert-OH is 1. The van der Waals surface area contributed by atoms with Crippen LogP contribution in [0, 0.1) is 0 Å². The van der Waals surface area contributed by atoms with Crippen molar-refractivity contribution >= 4 is 0 Å². The van der Waals surface area contributed by atoms with Crippen LogP contribution in [-0.2, 0) is 4.74 Å². The van der Waals surface area contributed by atoms with Gasteiger partial charge in [0.15, 0.2) is 0 Å². The van der Waals surface area contributed by atoms with Crippen molar-refractivity contribution in [3.05, 3.63) is 0 Å². The average molecular weight is 186 g/mol. The highest BCUT2D eigenvalue weighted by Crippen LogP contribution is 2.21. The third-order valence-corrected chi connectivity index (χ3v) is 2.71. The zero-order valence-corrected chi connectivity index (χ0v) is 8.67. The van der Waals surface area contributed by atoms with Crippen LogP contribution in [0.5, 0.6) is 0 Å². The summed E-state index contributed by atoms with van der Waals surface area (Å²) in [5.41, 5.74) is 0. The van der Waals surface area contributed by atoms with Crippen molar-refractivity contribution in [2.45, 2.75) is 64.1 Å². The van der Waals surface area contributed by atoms with Gasteiger partial charge in [-0.3, -0.25) is 0 Å². The number of hydrogen-bond acceptors (Lipinski definition) is 2. The van der Waals surface area contributed by atoms with E-state index in [1.54, 1.807) is 0 Å². The SMILES string of the molecule is CCCCCCOC1CCC(O)C1. The van der Waals surface area contributed by atoms with Crippen LogP contribution in [-0.4, -0.2) is 23.9 Å². The van der Waals surface area contributed by atoms with E-state index in [0.29, 0.717) is 6.10 Å². The molecule has 0 amide bonds. The third-order valence-electron chi connectivity index (χ3n) is 2.71. The molecule has 13 heavy (non-hydrogen) atoms. The molecule has 0 saturated heterocycles. The van der Waals surface area contributed by atoms with Gasteiger partial charge >= 0.3 is 0 Å². The second kappa shape index (κ2) is 6.39. The number of ether oxygens (including phenoxy) is 1. The third kappa shape index (κ3) is 4.63. The lowest BCUT2D eigenvalue weighted by Gasteiger charge is -2.10. The summed E-state index contributed by atoms with van der Waals surface area (Å²) in [7, 11) is 0. The monoisotopic (exact) mass is 186 g/mol. The lowest BCUT2D eigenvalue weighted by atomic mass is 10.2. The van der Waals surface area contributed by atoms with E-state index in [1.165, 1.54) is 25.7 Å². The van der Waals surface area contributed by atoms with Crippen molar-refractivity contribution in [3.8, 4) is 0 Å². The lowest BCUT2D eigenvalue weighted by Crippen LogP contribution is -2.10. The topological polar surface area (TPSA) is 29.5 Å². The molecule has 0 aliphatic heterocycles. The zero-order chi connectivity index (χ0) is 9.52. The van der Waals surface area contributed by atoms with Crippen LogP contribution in [0.2, 0.25) is 0 Å². The van der Waals surface area contributed by atoms with E-state index in [9.17, 15) is 5.11 Å². The van der Waals surface area contributed by atoms with Gasteiger partial charge in [-0.1, -0.05) is 26.2 Å². The number of rotatable bonds is 6. The molecule has 0 heterocycles. The summed E-state index contributed by atoms with van der Waals surface area (Å²) in [4.78, 5) is 0. The fraction of sp³-hybridized carbons (Fsp3) is 1.00. The molecule has 78 valence electrons. The predicted octanol–water partition coefficient (Wildman–Crippen LogP) is 2.50.